The van der Waals surface area contributed by atoms with Gasteiger partial charge in [0.2, 0.25) is 0 Å². The molecule has 0 aromatic heterocycles. The lowest BCUT2D eigenvalue weighted by Crippen LogP contribution is -2.45. The molecule has 1 fully saturated rings. The van der Waals surface area contributed by atoms with Crippen LogP contribution in [0.5, 0.6) is 0 Å². The highest BCUT2D eigenvalue weighted by Crippen LogP contribution is 2.40. The number of hydrogen-bond donors (Lipinski definition) is 2. The molecule has 1 aliphatic rings. The molecular formula is C20H27NO3. The Morgan fingerprint density at radius 3 is 2.75 bits per heavy atom. The zero-order valence-electron chi connectivity index (χ0n) is 24.3. The lowest BCUT2D eigenvalue weighted by Gasteiger charge is -2.36. The zero-order valence-corrected chi connectivity index (χ0v) is 13.3. The zero-order chi connectivity index (χ0) is 27.1. The highest BCUT2D eigenvalue weighted by atomic mass is 16.5. The molecule has 0 bridgehead atoms. The molecule has 0 aliphatic heterocycles. The van der Waals surface area contributed by atoms with Crippen LogP contribution in [-0.2, 0) is 15.1 Å². The molecule has 0 radical (unpaired) electrons. The molecule has 1 atom stereocenters. The Kier molecular flexibility index (Phi) is 3.35. The standard InChI is InChI=1S/C20H27NO3/c1-2-21-15-9-10-16-24-19(22)20(23,17-11-5-3-6-12-17)18-13-7-4-8-14-18/h3,5-6,11-12,18,21,23H,2,4,7-8,13-16H2,1H3/i4D2,7D2,8D2,13D2,14D2,18D. The van der Waals surface area contributed by atoms with Crippen LogP contribution in [0, 0.1) is 17.7 Å². The summed E-state index contributed by atoms with van der Waals surface area (Å²) in [4.78, 5) is 13.3. The minimum Gasteiger partial charge on any atom is -0.450 e. The molecule has 0 saturated heterocycles. The van der Waals surface area contributed by atoms with Gasteiger partial charge in [-0.05, 0) is 24.9 Å². The molecule has 2 N–H and O–H groups in total. The molecule has 4 nitrogen and oxygen atoms in total. The maximum absolute atomic E-state index is 13.3. The number of hydrogen-bond acceptors (Lipinski definition) is 4. The summed E-state index contributed by atoms with van der Waals surface area (Å²) in [7, 11) is 0. The van der Waals surface area contributed by atoms with Crippen molar-refractivity contribution in [2.75, 3.05) is 19.7 Å². The van der Waals surface area contributed by atoms with Gasteiger partial charge in [-0.15, -0.1) is 0 Å². The molecule has 4 heteroatoms. The van der Waals surface area contributed by atoms with E-state index in [1.54, 1.807) is 0 Å². The van der Waals surface area contributed by atoms with E-state index >= 15 is 0 Å². The number of rotatable bonds is 6. The fraction of sp³-hybridized carbons (Fsp3) is 0.550. The summed E-state index contributed by atoms with van der Waals surface area (Å²) in [5.41, 5.74) is -4.19. The van der Waals surface area contributed by atoms with Crippen molar-refractivity contribution in [1.29, 1.82) is 0 Å². The molecular weight excluding hydrogens is 302 g/mol. The van der Waals surface area contributed by atoms with Gasteiger partial charge >= 0.3 is 5.97 Å². The minimum absolute atomic E-state index is 0.236. The Hall–Kier alpha value is -1.83. The lowest BCUT2D eigenvalue weighted by atomic mass is 9.73. The number of aliphatic hydroxyl groups is 1. The molecule has 1 aromatic rings. The van der Waals surface area contributed by atoms with Gasteiger partial charge in [0.1, 0.15) is 0 Å². The van der Waals surface area contributed by atoms with Crippen molar-refractivity contribution in [1.82, 2.24) is 5.32 Å². The first-order valence-electron chi connectivity index (χ1n) is 13.0. The van der Waals surface area contributed by atoms with Crippen molar-refractivity contribution in [3.8, 4) is 11.8 Å². The van der Waals surface area contributed by atoms with E-state index in [1.165, 1.54) is 18.2 Å². The fourth-order valence-electron chi connectivity index (χ4n) is 1.98. The van der Waals surface area contributed by atoms with Crippen LogP contribution in [-0.4, -0.2) is 30.8 Å². The number of benzene rings is 1. The van der Waals surface area contributed by atoms with Gasteiger partial charge in [-0.25, -0.2) is 4.79 Å². The fourth-order valence-corrected chi connectivity index (χ4v) is 1.98. The second kappa shape index (κ2) is 9.46. The highest BCUT2D eigenvalue weighted by molar-refractivity contribution is 5.81. The molecule has 0 amide bonds. The summed E-state index contributed by atoms with van der Waals surface area (Å²) < 4.78 is 96.0. The van der Waals surface area contributed by atoms with Crippen LogP contribution in [0.3, 0.4) is 0 Å². The molecule has 0 heterocycles. The van der Waals surface area contributed by atoms with Crippen LogP contribution in [0.2, 0.25) is 0 Å². The van der Waals surface area contributed by atoms with Gasteiger partial charge in [0.05, 0.1) is 6.54 Å². The third kappa shape index (κ3) is 4.59. The van der Waals surface area contributed by atoms with Crippen LogP contribution in [0.4, 0.5) is 0 Å². The van der Waals surface area contributed by atoms with Gasteiger partial charge in [-0.1, -0.05) is 68.2 Å². The molecule has 1 saturated carbocycles. The first-order valence-corrected chi connectivity index (χ1v) is 7.45. The summed E-state index contributed by atoms with van der Waals surface area (Å²) in [5.74, 6) is -0.690. The average molecular weight is 341 g/mol. The average Bonchev–Trinajstić information content (AvgIpc) is 2.79. The Labute approximate surface area is 160 Å². The number of esters is 1. The lowest BCUT2D eigenvalue weighted by molar-refractivity contribution is -0.174. The van der Waals surface area contributed by atoms with E-state index in [9.17, 15) is 9.90 Å². The van der Waals surface area contributed by atoms with Crippen molar-refractivity contribution in [3.05, 3.63) is 35.9 Å². The van der Waals surface area contributed by atoms with Crippen molar-refractivity contribution in [3.63, 3.8) is 0 Å². The van der Waals surface area contributed by atoms with Crippen molar-refractivity contribution >= 4 is 5.97 Å². The van der Waals surface area contributed by atoms with E-state index < -0.39 is 61.5 Å². The second-order valence-corrected chi connectivity index (χ2v) is 4.79. The molecule has 1 aromatic carbocycles. The van der Waals surface area contributed by atoms with Gasteiger partial charge in [-0.2, -0.15) is 0 Å². The number of carbonyl (C=O) groups is 1. The largest absolute Gasteiger partial charge is 0.450 e. The Bertz CT molecular complexity index is 975. The van der Waals surface area contributed by atoms with E-state index in [4.69, 9.17) is 19.8 Å². The van der Waals surface area contributed by atoms with Crippen LogP contribution < -0.4 is 5.32 Å². The predicted molar refractivity (Wildman–Crippen MR) is 94.2 cm³/mol. The quantitative estimate of drug-likeness (QED) is 0.475. The van der Waals surface area contributed by atoms with Crippen LogP contribution in [0.15, 0.2) is 30.3 Å². The topological polar surface area (TPSA) is 58.6 Å². The molecule has 0 spiro atoms. The minimum atomic E-state index is -3.98. The number of nitrogens with one attached hydrogen (secondary N) is 1. The number of carbonyl (C=O) groups excluding carboxylic acids is 1. The van der Waals surface area contributed by atoms with Crippen molar-refractivity contribution in [2.45, 2.75) is 44.4 Å². The van der Waals surface area contributed by atoms with Crippen LogP contribution in [0.25, 0.3) is 0 Å². The van der Waals surface area contributed by atoms with E-state index in [0.29, 0.717) is 6.54 Å². The predicted octanol–water partition coefficient (Wildman–Crippen LogP) is 2.61. The van der Waals surface area contributed by atoms with Gasteiger partial charge < -0.3 is 15.2 Å². The van der Waals surface area contributed by atoms with E-state index in [0.717, 1.165) is 12.1 Å². The molecule has 2 rings (SSSR count). The summed E-state index contributed by atoms with van der Waals surface area (Å²) in [6.07, 6.45) is -19.5. The molecule has 1 unspecified atom stereocenters. The maximum atomic E-state index is 13.3. The summed E-state index contributed by atoms with van der Waals surface area (Å²) in [5, 5.41) is 14.6. The molecule has 1 aliphatic carbocycles. The van der Waals surface area contributed by atoms with Crippen LogP contribution >= 0.6 is 0 Å². The highest BCUT2D eigenvalue weighted by Gasteiger charge is 2.46. The van der Waals surface area contributed by atoms with Gasteiger partial charge in [0.25, 0.3) is 0 Å². The Balaban J connectivity index is 2.81. The van der Waals surface area contributed by atoms with Gasteiger partial charge in [0.15, 0.2) is 12.2 Å². The monoisotopic (exact) mass is 340 g/mol. The van der Waals surface area contributed by atoms with E-state index in [2.05, 4.69) is 17.2 Å². The first kappa shape index (κ1) is 8.51. The van der Waals surface area contributed by atoms with Crippen molar-refractivity contribution in [2.24, 2.45) is 5.89 Å². The third-order valence-corrected chi connectivity index (χ3v) is 3.21. The molecule has 130 valence electrons. The van der Waals surface area contributed by atoms with Gasteiger partial charge in [0, 0.05) is 21.0 Å². The number of ether oxygens (including phenoxy) is 1. The third-order valence-electron chi connectivity index (χ3n) is 3.21. The SMILES string of the molecule is [2H]C1([2H])C([2H])([2H])C([2H])([2H])C([2H])(C(O)(C(=O)OCC#CCNCC)c2ccccc2)C([2H])([2H])C1([2H])[2H]. The van der Waals surface area contributed by atoms with Crippen LogP contribution in [0.1, 0.15) is 59.4 Å². The Morgan fingerprint density at radius 2 is 2.08 bits per heavy atom. The Morgan fingerprint density at radius 1 is 1.38 bits per heavy atom. The summed E-state index contributed by atoms with van der Waals surface area (Å²) >= 11 is 0. The van der Waals surface area contributed by atoms with E-state index in [1.807, 2.05) is 6.92 Å². The summed E-state index contributed by atoms with van der Waals surface area (Å²) in [6, 6.07) is 6.11. The van der Waals surface area contributed by atoms with E-state index in [-0.39, 0.29) is 6.54 Å². The van der Waals surface area contributed by atoms with Gasteiger partial charge in [-0.3, -0.25) is 0 Å². The maximum Gasteiger partial charge on any atom is 0.344 e. The molecule has 24 heavy (non-hydrogen) atoms. The summed E-state index contributed by atoms with van der Waals surface area (Å²) in [6.45, 7) is 2.04. The van der Waals surface area contributed by atoms with Crippen molar-refractivity contribution < 1.29 is 29.7 Å². The first-order chi connectivity index (χ1) is 15.8. The second-order valence-electron chi connectivity index (χ2n) is 4.79. The normalized spacial score (nSPS) is 36.0. The smallest absolute Gasteiger partial charge is 0.344 e.